The second-order valence-corrected chi connectivity index (χ2v) is 7.89. The Hall–Kier alpha value is -1.33. The van der Waals surface area contributed by atoms with E-state index in [4.69, 9.17) is 5.73 Å². The molecule has 0 unspecified atom stereocenters. The molecule has 0 aliphatic heterocycles. The Kier molecular flexibility index (Phi) is 4.20. The van der Waals surface area contributed by atoms with Crippen molar-refractivity contribution in [2.45, 2.75) is 44.9 Å². The number of nitrogens with zero attached hydrogens (tertiary/aromatic N) is 1. The number of benzene rings is 1. The zero-order valence-corrected chi connectivity index (χ0v) is 13.1. The lowest BCUT2D eigenvalue weighted by atomic mass is 10.1. The van der Waals surface area contributed by atoms with Gasteiger partial charge in [0, 0.05) is 29.7 Å². The number of aromatic nitrogens is 1. The fraction of sp³-hybridized carbons (Fsp3) is 0.467. The first-order chi connectivity index (χ1) is 9.39. The summed E-state index contributed by atoms with van der Waals surface area (Å²) in [5, 5.41) is 0.703. The molecular formula is C15H22N2O2S. The average Bonchev–Trinajstić information content (AvgIpc) is 2.73. The predicted molar refractivity (Wildman–Crippen MR) is 83.3 cm³/mol. The van der Waals surface area contributed by atoms with Crippen LogP contribution in [-0.2, 0) is 28.7 Å². The molecule has 110 valence electrons. The number of rotatable bonds is 5. The normalized spacial score (nSPS) is 12.4. The highest BCUT2D eigenvalue weighted by Gasteiger charge is 2.20. The van der Waals surface area contributed by atoms with Crippen molar-refractivity contribution in [3.8, 4) is 0 Å². The molecule has 0 saturated heterocycles. The van der Waals surface area contributed by atoms with Crippen LogP contribution in [0.3, 0.4) is 0 Å². The molecular weight excluding hydrogens is 272 g/mol. The van der Waals surface area contributed by atoms with Gasteiger partial charge >= 0.3 is 0 Å². The summed E-state index contributed by atoms with van der Waals surface area (Å²) in [4.78, 5) is 0. The summed E-state index contributed by atoms with van der Waals surface area (Å²) in [7, 11) is -3.09. The zero-order valence-electron chi connectivity index (χ0n) is 12.3. The van der Waals surface area contributed by atoms with Gasteiger partial charge in [0.05, 0.1) is 11.0 Å². The fourth-order valence-corrected chi connectivity index (χ4v) is 3.36. The van der Waals surface area contributed by atoms with E-state index in [0.717, 1.165) is 28.7 Å². The van der Waals surface area contributed by atoms with Crippen LogP contribution in [0.15, 0.2) is 24.3 Å². The molecule has 5 heteroatoms. The van der Waals surface area contributed by atoms with Crippen LogP contribution in [0.1, 0.15) is 32.0 Å². The van der Waals surface area contributed by atoms with E-state index in [2.05, 4.69) is 4.57 Å². The van der Waals surface area contributed by atoms with Crippen LogP contribution in [0.2, 0.25) is 0 Å². The third kappa shape index (κ3) is 2.74. The van der Waals surface area contributed by atoms with Gasteiger partial charge in [-0.3, -0.25) is 0 Å². The summed E-state index contributed by atoms with van der Waals surface area (Å²) in [6, 6.07) is 8.02. The monoisotopic (exact) mass is 294 g/mol. The highest BCUT2D eigenvalue weighted by Crippen LogP contribution is 2.23. The lowest BCUT2D eigenvalue weighted by Crippen LogP contribution is -2.18. The Bertz CT molecular complexity index is 715. The number of sulfone groups is 1. The Morgan fingerprint density at radius 3 is 2.50 bits per heavy atom. The summed E-state index contributed by atoms with van der Waals surface area (Å²) >= 11 is 0. The molecule has 0 amide bonds. The number of hydrogen-bond acceptors (Lipinski definition) is 3. The van der Waals surface area contributed by atoms with Crippen molar-refractivity contribution in [2.75, 3.05) is 0 Å². The highest BCUT2D eigenvalue weighted by atomic mass is 32.2. The molecule has 2 rings (SSSR count). The van der Waals surface area contributed by atoms with E-state index in [-0.39, 0.29) is 11.0 Å². The summed E-state index contributed by atoms with van der Waals surface area (Å²) in [5.41, 5.74) is 8.64. The Morgan fingerprint density at radius 2 is 1.95 bits per heavy atom. The van der Waals surface area contributed by atoms with E-state index in [1.54, 1.807) is 13.8 Å². The quantitative estimate of drug-likeness (QED) is 0.921. The van der Waals surface area contributed by atoms with Gasteiger partial charge in [-0.05, 0) is 44.5 Å². The third-order valence-corrected chi connectivity index (χ3v) is 5.81. The first-order valence-electron chi connectivity index (χ1n) is 6.91. The van der Waals surface area contributed by atoms with Gasteiger partial charge in [0.15, 0.2) is 9.84 Å². The zero-order chi connectivity index (χ0) is 14.9. The molecule has 20 heavy (non-hydrogen) atoms. The lowest BCUT2D eigenvalue weighted by molar-refractivity contribution is 0.584. The molecule has 0 aliphatic rings. The summed E-state index contributed by atoms with van der Waals surface area (Å²) < 4.78 is 26.3. The van der Waals surface area contributed by atoms with Gasteiger partial charge in [0.2, 0.25) is 0 Å². The van der Waals surface area contributed by atoms with Crippen molar-refractivity contribution < 1.29 is 8.42 Å². The Labute approximate surface area is 120 Å². The van der Waals surface area contributed by atoms with Crippen molar-refractivity contribution in [3.05, 3.63) is 35.5 Å². The molecule has 2 N–H and O–H groups in total. The van der Waals surface area contributed by atoms with Crippen LogP contribution in [-0.4, -0.2) is 18.2 Å². The van der Waals surface area contributed by atoms with E-state index in [9.17, 15) is 8.42 Å². The standard InChI is InChI=1S/C15H22N2O2S/c1-4-17-14(10-20(18,19)11(2)3)8-13-7-12(9-16)5-6-15(13)17/h5-8,11H,4,9-10,16H2,1-3H3. The van der Waals surface area contributed by atoms with Crippen molar-refractivity contribution in [2.24, 2.45) is 5.73 Å². The number of hydrogen-bond donors (Lipinski definition) is 1. The van der Waals surface area contributed by atoms with Crippen molar-refractivity contribution in [1.29, 1.82) is 0 Å². The largest absolute Gasteiger partial charge is 0.344 e. The number of nitrogens with two attached hydrogens (primary N) is 1. The van der Waals surface area contributed by atoms with E-state index >= 15 is 0 Å². The SMILES string of the molecule is CCn1c(CS(=O)(=O)C(C)C)cc2cc(CN)ccc21. The van der Waals surface area contributed by atoms with Gasteiger partial charge in [-0.15, -0.1) is 0 Å². The molecule has 1 aromatic heterocycles. The van der Waals surface area contributed by atoms with Crippen LogP contribution in [0.4, 0.5) is 0 Å². The second-order valence-electron chi connectivity index (χ2n) is 5.33. The molecule has 0 spiro atoms. The molecule has 0 atom stereocenters. The maximum atomic E-state index is 12.1. The first-order valence-corrected chi connectivity index (χ1v) is 8.63. The minimum absolute atomic E-state index is 0.0884. The van der Waals surface area contributed by atoms with E-state index < -0.39 is 9.84 Å². The average molecular weight is 294 g/mol. The summed E-state index contributed by atoms with van der Waals surface area (Å²) in [5.74, 6) is 0.0884. The third-order valence-electron chi connectivity index (χ3n) is 3.67. The molecule has 0 radical (unpaired) electrons. The van der Waals surface area contributed by atoms with Gasteiger partial charge in [-0.25, -0.2) is 8.42 Å². The van der Waals surface area contributed by atoms with Gasteiger partial charge in [-0.2, -0.15) is 0 Å². The predicted octanol–water partition coefficient (Wildman–Crippen LogP) is 2.44. The van der Waals surface area contributed by atoms with Gasteiger partial charge in [-0.1, -0.05) is 6.07 Å². The van der Waals surface area contributed by atoms with Crippen molar-refractivity contribution in [3.63, 3.8) is 0 Å². The van der Waals surface area contributed by atoms with Crippen molar-refractivity contribution in [1.82, 2.24) is 4.57 Å². The Morgan fingerprint density at radius 1 is 1.25 bits per heavy atom. The molecule has 1 heterocycles. The van der Waals surface area contributed by atoms with Crippen LogP contribution < -0.4 is 5.73 Å². The molecule has 2 aromatic rings. The minimum Gasteiger partial charge on any atom is -0.344 e. The van der Waals surface area contributed by atoms with E-state index in [1.807, 2.05) is 31.2 Å². The molecule has 0 aliphatic carbocycles. The summed E-state index contributed by atoms with van der Waals surface area (Å²) in [6.07, 6.45) is 0. The molecule has 0 fully saturated rings. The van der Waals surface area contributed by atoms with Gasteiger partial charge in [0.25, 0.3) is 0 Å². The maximum Gasteiger partial charge on any atom is 0.158 e. The summed E-state index contributed by atoms with van der Waals surface area (Å²) in [6.45, 7) is 6.73. The topological polar surface area (TPSA) is 65.1 Å². The number of aryl methyl sites for hydroxylation is 1. The van der Waals surface area contributed by atoms with Crippen molar-refractivity contribution >= 4 is 20.7 Å². The molecule has 1 aromatic carbocycles. The fourth-order valence-electron chi connectivity index (χ4n) is 2.37. The van der Waals surface area contributed by atoms with E-state index in [0.29, 0.717) is 6.54 Å². The van der Waals surface area contributed by atoms with E-state index in [1.165, 1.54) is 0 Å². The lowest BCUT2D eigenvalue weighted by Gasteiger charge is -2.10. The highest BCUT2D eigenvalue weighted by molar-refractivity contribution is 7.91. The molecule has 4 nitrogen and oxygen atoms in total. The smallest absolute Gasteiger partial charge is 0.158 e. The Balaban J connectivity index is 2.53. The van der Waals surface area contributed by atoms with Crippen LogP contribution in [0, 0.1) is 0 Å². The molecule has 0 bridgehead atoms. The van der Waals surface area contributed by atoms with Crippen LogP contribution in [0.5, 0.6) is 0 Å². The second kappa shape index (κ2) is 5.58. The van der Waals surface area contributed by atoms with Crippen LogP contribution in [0.25, 0.3) is 10.9 Å². The maximum absolute atomic E-state index is 12.1. The first kappa shape index (κ1) is 15.1. The van der Waals surface area contributed by atoms with Gasteiger partial charge in [0.1, 0.15) is 0 Å². The minimum atomic E-state index is -3.09. The van der Waals surface area contributed by atoms with Crippen LogP contribution >= 0.6 is 0 Å². The molecule has 0 saturated carbocycles. The number of fused-ring (bicyclic) bond motifs is 1. The van der Waals surface area contributed by atoms with Gasteiger partial charge < -0.3 is 10.3 Å².